The molecule has 22 heavy (non-hydrogen) atoms. The van der Waals surface area contributed by atoms with Crippen LogP contribution in [0.3, 0.4) is 0 Å². The van der Waals surface area contributed by atoms with Crippen LogP contribution in [0, 0.1) is 10.1 Å². The van der Waals surface area contributed by atoms with E-state index in [-0.39, 0.29) is 11.3 Å². The number of nitro groups is 1. The molecular weight excluding hydrogens is 286 g/mol. The fraction of sp³-hybridized carbons (Fsp3) is 0.0625. The predicted octanol–water partition coefficient (Wildman–Crippen LogP) is 3.47. The molecule has 0 unspecified atom stereocenters. The van der Waals surface area contributed by atoms with Crippen LogP contribution in [0.25, 0.3) is 12.2 Å². The fourth-order valence-electron chi connectivity index (χ4n) is 1.88. The van der Waals surface area contributed by atoms with Crippen molar-refractivity contribution in [3.8, 4) is 5.75 Å². The number of rotatable bonds is 5. The lowest BCUT2D eigenvalue weighted by Gasteiger charge is -2.05. The van der Waals surface area contributed by atoms with Gasteiger partial charge in [-0.2, -0.15) is 0 Å². The molecule has 0 atom stereocenters. The van der Waals surface area contributed by atoms with Gasteiger partial charge >= 0.3 is 5.97 Å². The van der Waals surface area contributed by atoms with Crippen molar-refractivity contribution < 1.29 is 19.6 Å². The Morgan fingerprint density at radius 2 is 1.86 bits per heavy atom. The fourth-order valence-corrected chi connectivity index (χ4v) is 1.88. The van der Waals surface area contributed by atoms with E-state index in [1.54, 1.807) is 30.4 Å². The Labute approximate surface area is 126 Å². The third-order valence-corrected chi connectivity index (χ3v) is 3.04. The molecular formula is C16H13NO5. The van der Waals surface area contributed by atoms with Crippen LogP contribution in [0.5, 0.6) is 5.75 Å². The van der Waals surface area contributed by atoms with E-state index in [2.05, 4.69) is 0 Å². The number of nitro benzene ring substituents is 1. The van der Waals surface area contributed by atoms with Crippen LogP contribution in [0.1, 0.15) is 21.5 Å². The largest absolute Gasteiger partial charge is 0.496 e. The summed E-state index contributed by atoms with van der Waals surface area (Å²) in [6.45, 7) is 0. The molecule has 0 spiro atoms. The van der Waals surface area contributed by atoms with Gasteiger partial charge in [-0.1, -0.05) is 18.2 Å². The number of benzene rings is 2. The number of carboxylic acids is 1. The maximum Gasteiger partial charge on any atom is 0.335 e. The van der Waals surface area contributed by atoms with Crippen molar-refractivity contribution in [2.75, 3.05) is 7.11 Å². The second-order valence-corrected chi connectivity index (χ2v) is 4.44. The van der Waals surface area contributed by atoms with E-state index < -0.39 is 10.9 Å². The first-order chi connectivity index (χ1) is 10.5. The second kappa shape index (κ2) is 6.53. The Kier molecular flexibility index (Phi) is 4.53. The lowest BCUT2D eigenvalue weighted by Crippen LogP contribution is -1.97. The normalized spacial score (nSPS) is 10.6. The highest BCUT2D eigenvalue weighted by molar-refractivity contribution is 5.89. The van der Waals surface area contributed by atoms with Gasteiger partial charge in [-0.3, -0.25) is 10.1 Å². The summed E-state index contributed by atoms with van der Waals surface area (Å²) < 4.78 is 5.17. The van der Waals surface area contributed by atoms with E-state index in [1.807, 2.05) is 0 Å². The van der Waals surface area contributed by atoms with E-state index in [0.717, 1.165) is 5.56 Å². The van der Waals surface area contributed by atoms with E-state index in [9.17, 15) is 14.9 Å². The first-order valence-electron chi connectivity index (χ1n) is 6.35. The highest BCUT2D eigenvalue weighted by atomic mass is 16.6. The van der Waals surface area contributed by atoms with Crippen LogP contribution in [0.4, 0.5) is 5.69 Å². The molecule has 2 aromatic carbocycles. The summed E-state index contributed by atoms with van der Waals surface area (Å²) in [5.74, 6) is -0.581. The summed E-state index contributed by atoms with van der Waals surface area (Å²) in [6.07, 6.45) is 3.52. The third kappa shape index (κ3) is 3.49. The zero-order valence-electron chi connectivity index (χ0n) is 11.7. The van der Waals surface area contributed by atoms with E-state index in [4.69, 9.17) is 9.84 Å². The summed E-state index contributed by atoms with van der Waals surface area (Å²) in [5, 5.41) is 19.5. The van der Waals surface area contributed by atoms with Crippen LogP contribution in [0.15, 0.2) is 42.5 Å². The molecule has 6 heteroatoms. The first-order valence-corrected chi connectivity index (χ1v) is 6.35. The Morgan fingerprint density at radius 3 is 2.41 bits per heavy atom. The van der Waals surface area contributed by atoms with Gasteiger partial charge in [-0.25, -0.2) is 4.79 Å². The van der Waals surface area contributed by atoms with Crippen LogP contribution in [-0.2, 0) is 0 Å². The van der Waals surface area contributed by atoms with Crippen LogP contribution in [0.2, 0.25) is 0 Å². The minimum Gasteiger partial charge on any atom is -0.496 e. The van der Waals surface area contributed by atoms with E-state index in [1.165, 1.54) is 31.4 Å². The number of carbonyl (C=O) groups is 1. The number of hydrogen-bond acceptors (Lipinski definition) is 4. The second-order valence-electron chi connectivity index (χ2n) is 4.44. The Bertz CT molecular complexity index is 735. The van der Waals surface area contributed by atoms with Gasteiger partial charge in [-0.15, -0.1) is 0 Å². The minimum absolute atomic E-state index is 0.0283. The molecule has 0 bridgehead atoms. The monoisotopic (exact) mass is 299 g/mol. The smallest absolute Gasteiger partial charge is 0.335 e. The number of carboxylic acid groups (broad SMARTS) is 1. The molecule has 2 aromatic rings. The van der Waals surface area contributed by atoms with Crippen LogP contribution >= 0.6 is 0 Å². The van der Waals surface area contributed by atoms with Gasteiger partial charge in [0.1, 0.15) is 5.75 Å². The highest BCUT2D eigenvalue weighted by Gasteiger charge is 2.07. The standard InChI is InChI=1S/C16H13NO5/c1-22-15-10-13(16(18)19)7-6-12(15)5-2-11-3-8-14(9-4-11)17(20)21/h2-10H,1H3,(H,18,19). The molecule has 0 aliphatic carbocycles. The van der Waals surface area contributed by atoms with Crippen molar-refractivity contribution in [2.45, 2.75) is 0 Å². The Balaban J connectivity index is 2.25. The molecule has 2 rings (SSSR count). The van der Waals surface area contributed by atoms with Gasteiger partial charge in [0, 0.05) is 17.7 Å². The lowest BCUT2D eigenvalue weighted by molar-refractivity contribution is -0.384. The highest BCUT2D eigenvalue weighted by Crippen LogP contribution is 2.23. The molecule has 0 aromatic heterocycles. The summed E-state index contributed by atoms with van der Waals surface area (Å²) in [7, 11) is 1.46. The zero-order chi connectivity index (χ0) is 16.1. The van der Waals surface area contributed by atoms with Gasteiger partial charge in [0.05, 0.1) is 17.6 Å². The number of aromatic carboxylic acids is 1. The average molecular weight is 299 g/mol. The van der Waals surface area contributed by atoms with Crippen molar-refractivity contribution in [3.05, 3.63) is 69.3 Å². The van der Waals surface area contributed by atoms with E-state index in [0.29, 0.717) is 11.3 Å². The molecule has 0 saturated heterocycles. The Morgan fingerprint density at radius 1 is 1.18 bits per heavy atom. The molecule has 0 heterocycles. The molecule has 0 aliphatic heterocycles. The van der Waals surface area contributed by atoms with Crippen molar-refractivity contribution in [2.24, 2.45) is 0 Å². The van der Waals surface area contributed by atoms with Gasteiger partial charge in [0.25, 0.3) is 5.69 Å². The lowest BCUT2D eigenvalue weighted by atomic mass is 10.1. The number of hydrogen-bond donors (Lipinski definition) is 1. The SMILES string of the molecule is COc1cc(C(=O)O)ccc1C=Cc1ccc([N+](=O)[O-])cc1. The van der Waals surface area contributed by atoms with Crippen molar-refractivity contribution in [1.82, 2.24) is 0 Å². The van der Waals surface area contributed by atoms with Crippen molar-refractivity contribution >= 4 is 23.8 Å². The molecule has 1 N–H and O–H groups in total. The predicted molar refractivity (Wildman–Crippen MR) is 82.0 cm³/mol. The number of ether oxygens (including phenoxy) is 1. The molecule has 0 radical (unpaired) electrons. The zero-order valence-corrected chi connectivity index (χ0v) is 11.7. The molecule has 0 amide bonds. The Hall–Kier alpha value is -3.15. The average Bonchev–Trinajstić information content (AvgIpc) is 2.52. The van der Waals surface area contributed by atoms with Crippen molar-refractivity contribution in [3.63, 3.8) is 0 Å². The maximum absolute atomic E-state index is 10.9. The number of non-ortho nitro benzene ring substituents is 1. The quantitative estimate of drug-likeness (QED) is 0.518. The number of nitrogens with zero attached hydrogens (tertiary/aromatic N) is 1. The van der Waals surface area contributed by atoms with Gasteiger partial charge in [-0.05, 0) is 29.8 Å². The molecule has 6 nitrogen and oxygen atoms in total. The number of methoxy groups -OCH3 is 1. The topological polar surface area (TPSA) is 89.7 Å². The molecule has 0 aliphatic rings. The molecule has 112 valence electrons. The van der Waals surface area contributed by atoms with Gasteiger partial charge in [0.2, 0.25) is 0 Å². The summed E-state index contributed by atoms with van der Waals surface area (Å²) in [4.78, 5) is 21.0. The maximum atomic E-state index is 10.9. The first kappa shape index (κ1) is 15.2. The molecule has 0 fully saturated rings. The molecule has 0 saturated carbocycles. The third-order valence-electron chi connectivity index (χ3n) is 3.04. The van der Waals surface area contributed by atoms with Crippen LogP contribution < -0.4 is 4.74 Å². The van der Waals surface area contributed by atoms with Gasteiger partial charge in [0.15, 0.2) is 0 Å². The summed E-state index contributed by atoms with van der Waals surface area (Å²) in [5.41, 5.74) is 1.67. The van der Waals surface area contributed by atoms with Crippen molar-refractivity contribution in [1.29, 1.82) is 0 Å². The van der Waals surface area contributed by atoms with Crippen LogP contribution in [-0.4, -0.2) is 23.1 Å². The van der Waals surface area contributed by atoms with Gasteiger partial charge < -0.3 is 9.84 Å². The van der Waals surface area contributed by atoms with E-state index >= 15 is 0 Å². The minimum atomic E-state index is -1.02. The summed E-state index contributed by atoms with van der Waals surface area (Å²) in [6, 6.07) is 10.7. The summed E-state index contributed by atoms with van der Waals surface area (Å²) >= 11 is 0.